The zero-order chi connectivity index (χ0) is 23.4. The zero-order valence-corrected chi connectivity index (χ0v) is 19.4. The van der Waals surface area contributed by atoms with Gasteiger partial charge in [0.2, 0.25) is 11.2 Å². The number of hydrogen-bond donors (Lipinski definition) is 2. The molecule has 4 rings (SSSR count). The third kappa shape index (κ3) is 4.36. The lowest BCUT2D eigenvalue weighted by atomic mass is 9.95. The average molecular weight is 448 g/mol. The highest BCUT2D eigenvalue weighted by molar-refractivity contribution is 5.83. The number of ether oxygens (including phenoxy) is 3. The highest BCUT2D eigenvalue weighted by Gasteiger charge is 2.28. The lowest BCUT2D eigenvalue weighted by molar-refractivity contribution is 0.324. The molecule has 7 nitrogen and oxygen atoms in total. The number of anilines is 1. The van der Waals surface area contributed by atoms with Crippen LogP contribution in [0.2, 0.25) is 0 Å². The Hall–Kier alpha value is -3.58. The zero-order valence-electron chi connectivity index (χ0n) is 19.4. The molecule has 0 unspecified atom stereocenters. The van der Waals surface area contributed by atoms with E-state index in [1.807, 2.05) is 43.4 Å². The molecule has 7 heteroatoms. The number of aryl methyl sites for hydroxylation is 1. The molecule has 1 aliphatic rings. The highest BCUT2D eigenvalue weighted by Crippen LogP contribution is 2.50. The number of benzene rings is 1. The minimum atomic E-state index is -0.0738. The molecule has 3 aromatic rings. The van der Waals surface area contributed by atoms with E-state index in [9.17, 15) is 4.79 Å². The maximum Gasteiger partial charge on any atom is 0.203 e. The summed E-state index contributed by atoms with van der Waals surface area (Å²) in [7, 11) is 6.76. The van der Waals surface area contributed by atoms with E-state index in [0.29, 0.717) is 29.5 Å². The Labute approximate surface area is 193 Å². The standard InChI is InChI=1S/C26H29N3O4/c1-27-20-10-8-16-13-23(31-2)25(32-3)26(33-4)24(16)18-9-11-21(22(30)14-19(18)20)29-15-17-7-5-6-12-28-17/h5-7,9,11-14,20,27H,8,10,15H2,1-4H3,(H,29,30)/t20-/m1/s1. The molecule has 0 amide bonds. The van der Waals surface area contributed by atoms with Gasteiger partial charge in [0.05, 0.1) is 39.3 Å². The first-order valence-corrected chi connectivity index (χ1v) is 10.9. The fourth-order valence-electron chi connectivity index (χ4n) is 4.45. The molecule has 0 saturated carbocycles. The second-order valence-electron chi connectivity index (χ2n) is 7.86. The Morgan fingerprint density at radius 3 is 2.52 bits per heavy atom. The van der Waals surface area contributed by atoms with Gasteiger partial charge in [-0.15, -0.1) is 0 Å². The van der Waals surface area contributed by atoms with E-state index in [1.165, 1.54) is 0 Å². The third-order valence-corrected chi connectivity index (χ3v) is 6.07. The number of aromatic nitrogens is 1. The summed E-state index contributed by atoms with van der Waals surface area (Å²) in [6.45, 7) is 0.463. The molecular formula is C26H29N3O4. The SMILES string of the molecule is CN[C@@H]1CCc2cc(OC)c(OC)c(OC)c2-c2ccc(NCc3ccccn3)c(=O)cc21. The summed E-state index contributed by atoms with van der Waals surface area (Å²) >= 11 is 0. The number of pyridine rings is 1. The molecule has 0 saturated heterocycles. The monoisotopic (exact) mass is 447 g/mol. The van der Waals surface area contributed by atoms with Crippen molar-refractivity contribution in [3.8, 4) is 28.4 Å². The maximum atomic E-state index is 13.2. The van der Waals surface area contributed by atoms with Crippen molar-refractivity contribution >= 4 is 5.69 Å². The van der Waals surface area contributed by atoms with Gasteiger partial charge in [-0.1, -0.05) is 12.1 Å². The summed E-state index contributed by atoms with van der Waals surface area (Å²) in [4.78, 5) is 17.5. The average Bonchev–Trinajstić information content (AvgIpc) is 3.09. The summed E-state index contributed by atoms with van der Waals surface area (Å²) in [5.41, 5.74) is 5.18. The third-order valence-electron chi connectivity index (χ3n) is 6.07. The molecule has 0 spiro atoms. The van der Waals surface area contributed by atoms with Crippen LogP contribution in [-0.4, -0.2) is 33.4 Å². The van der Waals surface area contributed by atoms with E-state index < -0.39 is 0 Å². The van der Waals surface area contributed by atoms with E-state index in [2.05, 4.69) is 15.6 Å². The number of nitrogens with zero attached hydrogens (tertiary/aromatic N) is 1. The molecule has 0 bridgehead atoms. The minimum absolute atomic E-state index is 0.0119. The number of rotatable bonds is 7. The van der Waals surface area contributed by atoms with Crippen molar-refractivity contribution in [3.05, 3.63) is 75.7 Å². The molecule has 2 aromatic carbocycles. The predicted molar refractivity (Wildman–Crippen MR) is 129 cm³/mol. The van der Waals surface area contributed by atoms with E-state index >= 15 is 0 Å². The Morgan fingerprint density at radius 1 is 1.03 bits per heavy atom. The van der Waals surface area contributed by atoms with Gasteiger partial charge in [0.15, 0.2) is 11.5 Å². The summed E-state index contributed by atoms with van der Waals surface area (Å²) in [6, 6.07) is 13.3. The van der Waals surface area contributed by atoms with Crippen molar-refractivity contribution in [2.24, 2.45) is 0 Å². The number of fused-ring (bicyclic) bond motifs is 3. The number of methoxy groups -OCH3 is 3. The van der Waals surface area contributed by atoms with Crippen LogP contribution in [0.15, 0.2) is 53.5 Å². The minimum Gasteiger partial charge on any atom is -0.493 e. The molecule has 1 aromatic heterocycles. The second kappa shape index (κ2) is 9.92. The Balaban J connectivity index is 1.89. The van der Waals surface area contributed by atoms with Crippen molar-refractivity contribution in [2.75, 3.05) is 33.7 Å². The van der Waals surface area contributed by atoms with Gasteiger partial charge in [-0.3, -0.25) is 9.78 Å². The lowest BCUT2D eigenvalue weighted by Gasteiger charge is -2.19. The van der Waals surface area contributed by atoms with Crippen LogP contribution in [0.4, 0.5) is 5.69 Å². The molecule has 0 radical (unpaired) electrons. The van der Waals surface area contributed by atoms with E-state index in [-0.39, 0.29) is 11.5 Å². The maximum absolute atomic E-state index is 13.2. The van der Waals surface area contributed by atoms with E-state index in [1.54, 1.807) is 33.6 Å². The topological polar surface area (TPSA) is 81.7 Å². The van der Waals surface area contributed by atoms with Gasteiger partial charge in [-0.05, 0) is 66.9 Å². The smallest absolute Gasteiger partial charge is 0.203 e. The van der Waals surface area contributed by atoms with Crippen LogP contribution in [0.5, 0.6) is 17.2 Å². The van der Waals surface area contributed by atoms with E-state index in [4.69, 9.17) is 14.2 Å². The van der Waals surface area contributed by atoms with Crippen molar-refractivity contribution in [2.45, 2.75) is 25.4 Å². The van der Waals surface area contributed by atoms with Gasteiger partial charge in [0.25, 0.3) is 0 Å². The largest absolute Gasteiger partial charge is 0.493 e. The van der Waals surface area contributed by atoms with Gasteiger partial charge in [0, 0.05) is 17.8 Å². The molecular weight excluding hydrogens is 418 g/mol. The normalized spacial score (nSPS) is 14.5. The van der Waals surface area contributed by atoms with Crippen LogP contribution in [-0.2, 0) is 13.0 Å². The van der Waals surface area contributed by atoms with Crippen LogP contribution >= 0.6 is 0 Å². The highest BCUT2D eigenvalue weighted by atomic mass is 16.5. The fourth-order valence-corrected chi connectivity index (χ4v) is 4.45. The molecule has 172 valence electrons. The Kier molecular flexibility index (Phi) is 6.79. The summed E-state index contributed by atoms with van der Waals surface area (Å²) in [5, 5.41) is 6.62. The fraction of sp³-hybridized carbons (Fsp3) is 0.308. The first kappa shape index (κ1) is 22.6. The molecule has 1 atom stereocenters. The van der Waals surface area contributed by atoms with Crippen LogP contribution in [0, 0.1) is 0 Å². The first-order chi connectivity index (χ1) is 16.1. The molecule has 33 heavy (non-hydrogen) atoms. The van der Waals surface area contributed by atoms with Crippen LogP contribution in [0.1, 0.15) is 29.3 Å². The van der Waals surface area contributed by atoms with Gasteiger partial charge < -0.3 is 24.8 Å². The van der Waals surface area contributed by atoms with Crippen LogP contribution < -0.4 is 30.3 Å². The quantitative estimate of drug-likeness (QED) is 0.567. The Bertz CT molecular complexity index is 1200. The summed E-state index contributed by atoms with van der Waals surface area (Å²) in [5.74, 6) is 1.77. The molecule has 1 aliphatic carbocycles. The second-order valence-corrected chi connectivity index (χ2v) is 7.86. The number of hydrogen-bond acceptors (Lipinski definition) is 7. The van der Waals surface area contributed by atoms with Gasteiger partial charge in [0.1, 0.15) is 0 Å². The molecule has 0 aliphatic heterocycles. The predicted octanol–water partition coefficient (Wildman–Crippen LogP) is 3.95. The van der Waals surface area contributed by atoms with Crippen molar-refractivity contribution in [1.82, 2.24) is 10.3 Å². The van der Waals surface area contributed by atoms with Gasteiger partial charge in [-0.25, -0.2) is 0 Å². The Morgan fingerprint density at radius 2 is 1.85 bits per heavy atom. The molecule has 2 N–H and O–H groups in total. The molecule has 1 heterocycles. The summed E-state index contributed by atoms with van der Waals surface area (Å²) in [6.07, 6.45) is 3.37. The van der Waals surface area contributed by atoms with Gasteiger partial charge >= 0.3 is 0 Å². The van der Waals surface area contributed by atoms with Crippen LogP contribution in [0.25, 0.3) is 11.1 Å². The van der Waals surface area contributed by atoms with Crippen molar-refractivity contribution in [1.29, 1.82) is 0 Å². The molecule has 0 fully saturated rings. The van der Waals surface area contributed by atoms with Crippen molar-refractivity contribution < 1.29 is 14.2 Å². The van der Waals surface area contributed by atoms with Crippen molar-refractivity contribution in [3.63, 3.8) is 0 Å². The van der Waals surface area contributed by atoms with E-state index in [0.717, 1.165) is 40.8 Å². The summed E-state index contributed by atoms with van der Waals surface area (Å²) < 4.78 is 17.0. The first-order valence-electron chi connectivity index (χ1n) is 10.9. The van der Waals surface area contributed by atoms with Gasteiger partial charge in [-0.2, -0.15) is 0 Å². The number of nitrogens with one attached hydrogen (secondary N) is 2. The lowest BCUT2D eigenvalue weighted by Crippen LogP contribution is -2.18. The van der Waals surface area contributed by atoms with Crippen LogP contribution in [0.3, 0.4) is 0 Å².